The Balaban J connectivity index is 2.40. The maximum absolute atomic E-state index is 11.4. The molecule has 0 atom stereocenters. The molecule has 0 fully saturated rings. The summed E-state index contributed by atoms with van der Waals surface area (Å²) in [5.41, 5.74) is 0.485. The molecule has 0 aliphatic rings. The number of Topliss-reactive ketones (excluding diaryl/α,β-unsaturated/α-hetero) is 1. The highest BCUT2D eigenvalue weighted by molar-refractivity contribution is 5.93. The van der Waals surface area contributed by atoms with E-state index < -0.39 is 0 Å². The van der Waals surface area contributed by atoms with E-state index in [9.17, 15) is 4.79 Å². The van der Waals surface area contributed by atoms with E-state index in [1.807, 2.05) is 0 Å². The zero-order valence-electron chi connectivity index (χ0n) is 7.86. The first-order valence-electron chi connectivity index (χ1n) is 4.63. The van der Waals surface area contributed by atoms with E-state index in [4.69, 9.17) is 0 Å². The molecule has 3 heteroatoms. The quantitative estimate of drug-likeness (QED) is 0.513. The summed E-state index contributed by atoms with van der Waals surface area (Å²) in [5, 5.41) is 0. The Morgan fingerprint density at radius 2 is 2.23 bits per heavy atom. The number of carbonyl (C=O) groups excluding carboxylic acids is 1. The van der Waals surface area contributed by atoms with Crippen molar-refractivity contribution in [2.45, 2.75) is 32.6 Å². The first-order valence-corrected chi connectivity index (χ1v) is 4.63. The number of hydrogen-bond acceptors (Lipinski definition) is 3. The van der Waals surface area contributed by atoms with E-state index >= 15 is 0 Å². The molecule has 0 aliphatic carbocycles. The van der Waals surface area contributed by atoms with Gasteiger partial charge in [0.25, 0.3) is 0 Å². The van der Waals surface area contributed by atoms with Crippen LogP contribution in [0.5, 0.6) is 0 Å². The molecule has 1 heterocycles. The van der Waals surface area contributed by atoms with Crippen LogP contribution in [-0.4, -0.2) is 15.8 Å². The van der Waals surface area contributed by atoms with Crippen LogP contribution >= 0.6 is 0 Å². The van der Waals surface area contributed by atoms with Crippen molar-refractivity contribution >= 4 is 5.78 Å². The first kappa shape index (κ1) is 9.84. The first-order chi connectivity index (χ1) is 6.34. The lowest BCUT2D eigenvalue weighted by Crippen LogP contribution is -2.01. The van der Waals surface area contributed by atoms with Crippen LogP contribution in [0.4, 0.5) is 0 Å². The third-order valence-corrected chi connectivity index (χ3v) is 1.86. The van der Waals surface area contributed by atoms with Crippen LogP contribution in [0, 0.1) is 0 Å². The second-order valence-corrected chi connectivity index (χ2v) is 2.97. The summed E-state index contributed by atoms with van der Waals surface area (Å²) >= 11 is 0. The molecule has 1 aromatic heterocycles. The van der Waals surface area contributed by atoms with Crippen molar-refractivity contribution in [2.75, 3.05) is 0 Å². The van der Waals surface area contributed by atoms with E-state index in [0.717, 1.165) is 19.3 Å². The third kappa shape index (κ3) is 3.32. The Kier molecular flexibility index (Phi) is 4.09. The molecule has 0 bridgehead atoms. The molecule has 0 saturated carbocycles. The van der Waals surface area contributed by atoms with Crippen LogP contribution in [0.3, 0.4) is 0 Å². The van der Waals surface area contributed by atoms with Gasteiger partial charge in [-0.05, 0) is 6.42 Å². The lowest BCUT2D eigenvalue weighted by atomic mass is 10.1. The average Bonchev–Trinajstić information content (AvgIpc) is 2.19. The maximum atomic E-state index is 11.4. The Labute approximate surface area is 78.2 Å². The summed E-state index contributed by atoms with van der Waals surface area (Å²) in [6.07, 6.45) is 8.42. The van der Waals surface area contributed by atoms with E-state index in [1.54, 1.807) is 12.4 Å². The van der Waals surface area contributed by atoms with Gasteiger partial charge >= 0.3 is 0 Å². The zero-order chi connectivity index (χ0) is 9.52. The monoisotopic (exact) mass is 178 g/mol. The summed E-state index contributed by atoms with van der Waals surface area (Å²) in [4.78, 5) is 19.2. The largest absolute Gasteiger partial charge is 0.292 e. The summed E-state index contributed by atoms with van der Waals surface area (Å²) in [6, 6.07) is 0. The van der Waals surface area contributed by atoms with Crippen molar-refractivity contribution in [3.63, 3.8) is 0 Å². The predicted octanol–water partition coefficient (Wildman–Crippen LogP) is 2.24. The Morgan fingerprint density at radius 3 is 2.85 bits per heavy atom. The average molecular weight is 178 g/mol. The van der Waals surface area contributed by atoms with Gasteiger partial charge in [-0.2, -0.15) is 0 Å². The van der Waals surface area contributed by atoms with Gasteiger partial charge in [0, 0.05) is 18.8 Å². The highest BCUT2D eigenvalue weighted by atomic mass is 16.1. The van der Waals surface area contributed by atoms with Crippen molar-refractivity contribution in [1.29, 1.82) is 0 Å². The van der Waals surface area contributed by atoms with Crippen molar-refractivity contribution in [2.24, 2.45) is 0 Å². The maximum Gasteiger partial charge on any atom is 0.182 e. The molecule has 0 N–H and O–H groups in total. The summed E-state index contributed by atoms with van der Waals surface area (Å²) in [6.45, 7) is 2.12. The fourth-order valence-electron chi connectivity index (χ4n) is 1.11. The van der Waals surface area contributed by atoms with Crippen molar-refractivity contribution in [1.82, 2.24) is 9.97 Å². The van der Waals surface area contributed by atoms with E-state index in [1.165, 1.54) is 6.20 Å². The fourth-order valence-corrected chi connectivity index (χ4v) is 1.11. The van der Waals surface area contributed by atoms with Crippen LogP contribution in [0.1, 0.15) is 43.1 Å². The summed E-state index contributed by atoms with van der Waals surface area (Å²) in [5.74, 6) is 0.0987. The molecule has 0 saturated heterocycles. The minimum Gasteiger partial charge on any atom is -0.292 e. The van der Waals surface area contributed by atoms with Crippen LogP contribution < -0.4 is 0 Å². The van der Waals surface area contributed by atoms with Crippen molar-refractivity contribution in [3.05, 3.63) is 24.3 Å². The van der Waals surface area contributed by atoms with Crippen LogP contribution in [-0.2, 0) is 0 Å². The Morgan fingerprint density at radius 1 is 1.38 bits per heavy atom. The molecule has 0 unspecified atom stereocenters. The third-order valence-electron chi connectivity index (χ3n) is 1.86. The van der Waals surface area contributed by atoms with Gasteiger partial charge in [0.1, 0.15) is 5.69 Å². The second kappa shape index (κ2) is 5.41. The summed E-state index contributed by atoms with van der Waals surface area (Å²) < 4.78 is 0. The number of unbranched alkanes of at least 4 members (excludes halogenated alkanes) is 2. The van der Waals surface area contributed by atoms with Gasteiger partial charge in [-0.1, -0.05) is 19.8 Å². The molecule has 70 valence electrons. The number of ketones is 1. The molecular weight excluding hydrogens is 164 g/mol. The molecule has 0 radical (unpaired) electrons. The van der Waals surface area contributed by atoms with E-state index in [-0.39, 0.29) is 5.78 Å². The number of aromatic nitrogens is 2. The number of hydrogen-bond donors (Lipinski definition) is 0. The molecule has 13 heavy (non-hydrogen) atoms. The smallest absolute Gasteiger partial charge is 0.182 e. The van der Waals surface area contributed by atoms with Crippen LogP contribution in [0.15, 0.2) is 18.6 Å². The Hall–Kier alpha value is -1.25. The Bertz CT molecular complexity index is 259. The van der Waals surface area contributed by atoms with Crippen LogP contribution in [0.2, 0.25) is 0 Å². The standard InChI is InChI=1S/C10H14N2O/c1-2-3-4-5-10(13)9-8-11-6-7-12-9/h6-8H,2-5H2,1H3. The van der Waals surface area contributed by atoms with Gasteiger partial charge in [0.2, 0.25) is 0 Å². The molecule has 1 aromatic rings. The highest BCUT2D eigenvalue weighted by Gasteiger charge is 2.05. The molecule has 0 aromatic carbocycles. The number of rotatable bonds is 5. The fraction of sp³-hybridized carbons (Fsp3) is 0.500. The molecule has 1 rings (SSSR count). The van der Waals surface area contributed by atoms with Gasteiger partial charge in [0.05, 0.1) is 6.20 Å². The molecule has 0 amide bonds. The van der Waals surface area contributed by atoms with Gasteiger partial charge in [-0.25, -0.2) is 4.98 Å². The topological polar surface area (TPSA) is 42.9 Å². The van der Waals surface area contributed by atoms with Crippen molar-refractivity contribution in [3.8, 4) is 0 Å². The SMILES string of the molecule is CCCCCC(=O)c1cnccn1. The van der Waals surface area contributed by atoms with Gasteiger partial charge in [-0.15, -0.1) is 0 Å². The second-order valence-electron chi connectivity index (χ2n) is 2.97. The molecule has 3 nitrogen and oxygen atoms in total. The highest BCUT2D eigenvalue weighted by Crippen LogP contribution is 2.04. The number of carbonyl (C=O) groups is 1. The summed E-state index contributed by atoms with van der Waals surface area (Å²) in [7, 11) is 0. The lowest BCUT2D eigenvalue weighted by molar-refractivity contribution is 0.0974. The van der Waals surface area contributed by atoms with Gasteiger partial charge in [-0.3, -0.25) is 9.78 Å². The normalized spacial score (nSPS) is 9.92. The van der Waals surface area contributed by atoms with E-state index in [0.29, 0.717) is 12.1 Å². The van der Waals surface area contributed by atoms with Crippen molar-refractivity contribution < 1.29 is 4.79 Å². The minimum atomic E-state index is 0.0987. The van der Waals surface area contributed by atoms with Gasteiger partial charge in [0.15, 0.2) is 5.78 Å². The molecule has 0 aliphatic heterocycles. The number of nitrogens with zero attached hydrogens (tertiary/aromatic N) is 2. The molecular formula is C10H14N2O. The van der Waals surface area contributed by atoms with E-state index in [2.05, 4.69) is 16.9 Å². The lowest BCUT2D eigenvalue weighted by Gasteiger charge is -1.97. The molecule has 0 spiro atoms. The zero-order valence-corrected chi connectivity index (χ0v) is 7.86. The minimum absolute atomic E-state index is 0.0987. The van der Waals surface area contributed by atoms with Crippen LogP contribution in [0.25, 0.3) is 0 Å². The van der Waals surface area contributed by atoms with Gasteiger partial charge < -0.3 is 0 Å². The predicted molar refractivity (Wildman–Crippen MR) is 50.5 cm³/mol.